The van der Waals surface area contributed by atoms with Crippen molar-refractivity contribution >= 4 is 5.69 Å². The second kappa shape index (κ2) is 4.57. The minimum atomic E-state index is -0.0244. The van der Waals surface area contributed by atoms with Gasteiger partial charge in [-0.1, -0.05) is 12.1 Å². The van der Waals surface area contributed by atoms with Crippen LogP contribution in [-0.2, 0) is 0 Å². The normalized spacial score (nSPS) is 22.8. The molecule has 0 spiro atoms. The molecule has 0 radical (unpaired) electrons. The molecular weight excluding hydrogens is 214 g/mol. The van der Waals surface area contributed by atoms with E-state index >= 15 is 0 Å². The summed E-state index contributed by atoms with van der Waals surface area (Å²) in [6.07, 6.45) is 1.03. The molecule has 1 aliphatic heterocycles. The van der Waals surface area contributed by atoms with Crippen LogP contribution in [0, 0.1) is 5.92 Å². The molecule has 0 amide bonds. The molecule has 2 rings (SSSR count). The number of hydrogen-bond acceptors (Lipinski definition) is 3. The summed E-state index contributed by atoms with van der Waals surface area (Å²) in [6, 6.07) is 8.08. The summed E-state index contributed by atoms with van der Waals surface area (Å²) in [5, 5.41) is 9.43. The molecular formula is C14H21NO2. The van der Waals surface area contributed by atoms with E-state index in [2.05, 4.69) is 24.8 Å². The molecule has 1 aromatic rings. The van der Waals surface area contributed by atoms with Gasteiger partial charge in [0.15, 0.2) is 0 Å². The van der Waals surface area contributed by atoms with Gasteiger partial charge in [-0.25, -0.2) is 0 Å². The third kappa shape index (κ3) is 2.00. The maximum absolute atomic E-state index is 9.43. The van der Waals surface area contributed by atoms with Gasteiger partial charge in [0.1, 0.15) is 5.75 Å². The Kier molecular flexibility index (Phi) is 3.29. The van der Waals surface area contributed by atoms with Gasteiger partial charge in [-0.2, -0.15) is 0 Å². The fourth-order valence-corrected chi connectivity index (χ4v) is 2.75. The molecule has 1 aromatic carbocycles. The average Bonchev–Trinajstić information content (AvgIpc) is 2.63. The highest BCUT2D eigenvalue weighted by molar-refractivity contribution is 5.60. The van der Waals surface area contributed by atoms with Crippen LogP contribution in [0.5, 0.6) is 5.75 Å². The highest BCUT2D eigenvalue weighted by atomic mass is 16.5. The highest BCUT2D eigenvalue weighted by Crippen LogP contribution is 2.41. The summed E-state index contributed by atoms with van der Waals surface area (Å²) in [4.78, 5) is 2.34. The summed E-state index contributed by atoms with van der Waals surface area (Å²) < 4.78 is 5.42. The lowest BCUT2D eigenvalue weighted by Crippen LogP contribution is -2.43. The van der Waals surface area contributed by atoms with Crippen molar-refractivity contribution in [3.63, 3.8) is 0 Å². The summed E-state index contributed by atoms with van der Waals surface area (Å²) in [6.45, 7) is 5.60. The Morgan fingerprint density at radius 2 is 2.12 bits per heavy atom. The lowest BCUT2D eigenvalue weighted by atomic mass is 9.89. The van der Waals surface area contributed by atoms with Crippen LogP contribution in [-0.4, -0.2) is 30.9 Å². The van der Waals surface area contributed by atoms with E-state index in [0.29, 0.717) is 5.92 Å². The Balaban J connectivity index is 2.35. The highest BCUT2D eigenvalue weighted by Gasteiger charge is 2.41. The number of aliphatic hydroxyl groups is 1. The van der Waals surface area contributed by atoms with Gasteiger partial charge in [-0.15, -0.1) is 0 Å². The van der Waals surface area contributed by atoms with E-state index in [1.165, 1.54) is 0 Å². The van der Waals surface area contributed by atoms with Crippen molar-refractivity contribution in [2.75, 3.05) is 25.2 Å². The molecule has 0 saturated carbocycles. The Bertz CT molecular complexity index is 390. The van der Waals surface area contributed by atoms with Crippen LogP contribution in [0.3, 0.4) is 0 Å². The van der Waals surface area contributed by atoms with Crippen molar-refractivity contribution in [3.8, 4) is 5.75 Å². The van der Waals surface area contributed by atoms with Gasteiger partial charge in [0.05, 0.1) is 12.8 Å². The van der Waals surface area contributed by atoms with Gasteiger partial charge in [-0.3, -0.25) is 0 Å². The van der Waals surface area contributed by atoms with Crippen molar-refractivity contribution in [2.45, 2.75) is 25.8 Å². The summed E-state index contributed by atoms with van der Waals surface area (Å²) in [5.74, 6) is 1.23. The molecule has 1 fully saturated rings. The number of ether oxygens (including phenoxy) is 1. The standard InChI is InChI=1S/C14H21NO2/c1-14(2)11(10-16)8-9-15(14)12-6-4-5-7-13(12)17-3/h4-7,11,16H,8-10H2,1-3H3. The second-order valence-corrected chi connectivity index (χ2v) is 5.15. The van der Waals surface area contributed by atoms with Crippen molar-refractivity contribution in [3.05, 3.63) is 24.3 Å². The number of para-hydroxylation sites is 2. The quantitative estimate of drug-likeness (QED) is 0.872. The van der Waals surface area contributed by atoms with E-state index in [9.17, 15) is 5.11 Å². The molecule has 1 N–H and O–H groups in total. The predicted octanol–water partition coefficient (Wildman–Crippen LogP) is 2.29. The predicted molar refractivity (Wildman–Crippen MR) is 69.6 cm³/mol. The average molecular weight is 235 g/mol. The van der Waals surface area contributed by atoms with Crippen molar-refractivity contribution in [2.24, 2.45) is 5.92 Å². The first-order valence-corrected chi connectivity index (χ1v) is 6.12. The number of anilines is 1. The molecule has 1 heterocycles. The van der Waals surface area contributed by atoms with Crippen LogP contribution in [0.1, 0.15) is 20.3 Å². The largest absolute Gasteiger partial charge is 0.495 e. The van der Waals surface area contributed by atoms with E-state index < -0.39 is 0 Å². The molecule has 1 unspecified atom stereocenters. The number of methoxy groups -OCH3 is 1. The topological polar surface area (TPSA) is 32.7 Å². The number of rotatable bonds is 3. The van der Waals surface area contributed by atoms with Gasteiger partial charge >= 0.3 is 0 Å². The summed E-state index contributed by atoms with van der Waals surface area (Å²) in [7, 11) is 1.70. The smallest absolute Gasteiger partial charge is 0.142 e. The Labute approximate surface area is 103 Å². The Morgan fingerprint density at radius 3 is 2.71 bits per heavy atom. The van der Waals surface area contributed by atoms with Crippen molar-refractivity contribution in [1.29, 1.82) is 0 Å². The number of hydrogen-bond donors (Lipinski definition) is 1. The van der Waals surface area contributed by atoms with E-state index in [4.69, 9.17) is 4.74 Å². The number of aliphatic hydroxyl groups excluding tert-OH is 1. The maximum Gasteiger partial charge on any atom is 0.142 e. The minimum absolute atomic E-state index is 0.0244. The van der Waals surface area contributed by atoms with E-state index in [1.807, 2.05) is 18.2 Å². The van der Waals surface area contributed by atoms with Crippen LogP contribution in [0.15, 0.2) is 24.3 Å². The van der Waals surface area contributed by atoms with Crippen LogP contribution < -0.4 is 9.64 Å². The van der Waals surface area contributed by atoms with Gasteiger partial charge in [0.25, 0.3) is 0 Å². The summed E-state index contributed by atoms with van der Waals surface area (Å²) >= 11 is 0. The molecule has 1 atom stereocenters. The number of benzene rings is 1. The van der Waals surface area contributed by atoms with E-state index in [1.54, 1.807) is 7.11 Å². The first-order valence-electron chi connectivity index (χ1n) is 6.12. The molecule has 0 aliphatic carbocycles. The maximum atomic E-state index is 9.43. The van der Waals surface area contributed by atoms with Gasteiger partial charge in [0, 0.05) is 24.6 Å². The van der Waals surface area contributed by atoms with Crippen LogP contribution in [0.4, 0.5) is 5.69 Å². The van der Waals surface area contributed by atoms with Crippen LogP contribution >= 0.6 is 0 Å². The van der Waals surface area contributed by atoms with Crippen molar-refractivity contribution < 1.29 is 9.84 Å². The molecule has 1 saturated heterocycles. The lowest BCUT2D eigenvalue weighted by molar-refractivity contribution is 0.189. The zero-order valence-electron chi connectivity index (χ0n) is 10.8. The summed E-state index contributed by atoms with van der Waals surface area (Å²) in [5.41, 5.74) is 1.10. The van der Waals surface area contributed by atoms with Gasteiger partial charge in [0.2, 0.25) is 0 Å². The molecule has 1 aliphatic rings. The van der Waals surface area contributed by atoms with E-state index in [-0.39, 0.29) is 12.1 Å². The first-order chi connectivity index (χ1) is 8.11. The first kappa shape index (κ1) is 12.2. The van der Waals surface area contributed by atoms with Crippen molar-refractivity contribution in [1.82, 2.24) is 0 Å². The van der Waals surface area contributed by atoms with Crippen LogP contribution in [0.25, 0.3) is 0 Å². The molecule has 0 aromatic heterocycles. The molecule has 94 valence electrons. The number of nitrogens with zero attached hydrogens (tertiary/aromatic N) is 1. The Hall–Kier alpha value is -1.22. The SMILES string of the molecule is COc1ccccc1N1CCC(CO)C1(C)C. The van der Waals surface area contributed by atoms with Gasteiger partial charge in [-0.05, 0) is 32.4 Å². The fraction of sp³-hybridized carbons (Fsp3) is 0.571. The second-order valence-electron chi connectivity index (χ2n) is 5.15. The monoisotopic (exact) mass is 235 g/mol. The zero-order valence-corrected chi connectivity index (χ0v) is 10.8. The zero-order chi connectivity index (χ0) is 12.5. The van der Waals surface area contributed by atoms with Gasteiger partial charge < -0.3 is 14.7 Å². The fourth-order valence-electron chi connectivity index (χ4n) is 2.75. The van der Waals surface area contributed by atoms with Crippen LogP contribution in [0.2, 0.25) is 0 Å². The molecule has 3 nitrogen and oxygen atoms in total. The third-order valence-corrected chi connectivity index (χ3v) is 3.99. The minimum Gasteiger partial charge on any atom is -0.495 e. The molecule has 3 heteroatoms. The lowest BCUT2D eigenvalue weighted by Gasteiger charge is -2.37. The molecule has 0 bridgehead atoms. The Morgan fingerprint density at radius 1 is 1.41 bits per heavy atom. The molecule has 17 heavy (non-hydrogen) atoms. The van der Waals surface area contributed by atoms with E-state index in [0.717, 1.165) is 24.4 Å². The third-order valence-electron chi connectivity index (χ3n) is 3.99.